The van der Waals surface area contributed by atoms with E-state index in [1.54, 1.807) is 7.11 Å². The minimum absolute atomic E-state index is 0.0743. The number of nitro groups is 1. The summed E-state index contributed by atoms with van der Waals surface area (Å²) in [6.45, 7) is 2.11. The van der Waals surface area contributed by atoms with Crippen LogP contribution in [0.4, 0.5) is 5.69 Å². The van der Waals surface area contributed by atoms with E-state index in [0.717, 1.165) is 34.0 Å². The summed E-state index contributed by atoms with van der Waals surface area (Å²) in [4.78, 5) is 13.7. The maximum absolute atomic E-state index is 13.2. The Bertz CT molecular complexity index is 1190. The van der Waals surface area contributed by atoms with Crippen LogP contribution in [0.15, 0.2) is 47.4 Å². The van der Waals surface area contributed by atoms with E-state index in [-0.39, 0.29) is 10.6 Å². The van der Waals surface area contributed by atoms with Gasteiger partial charge in [0.25, 0.3) is 5.69 Å². The van der Waals surface area contributed by atoms with E-state index in [0.29, 0.717) is 13.0 Å². The van der Waals surface area contributed by atoms with Gasteiger partial charge in [-0.15, -0.1) is 0 Å². The number of aromatic nitrogens is 1. The van der Waals surface area contributed by atoms with Crippen molar-refractivity contribution in [3.63, 3.8) is 0 Å². The second kappa shape index (κ2) is 6.61. The molecule has 0 bridgehead atoms. The molecule has 0 unspecified atom stereocenters. The lowest BCUT2D eigenvalue weighted by molar-refractivity contribution is -0.385. The lowest BCUT2D eigenvalue weighted by Crippen LogP contribution is -2.38. The van der Waals surface area contributed by atoms with E-state index in [1.807, 2.05) is 25.1 Å². The molecule has 0 aliphatic carbocycles. The molecule has 0 saturated carbocycles. The number of aromatic amines is 1. The minimum atomic E-state index is -3.88. The SMILES string of the molecule is COc1ccc2[nH]c3c(c2c1)CCN(S(=O)(=O)c1cccc([N+](=O)[O-])c1)[C@@H]3C. The maximum Gasteiger partial charge on any atom is 0.270 e. The van der Waals surface area contributed by atoms with Gasteiger partial charge in [0.2, 0.25) is 10.0 Å². The highest BCUT2D eigenvalue weighted by molar-refractivity contribution is 7.89. The molecule has 1 aromatic heterocycles. The van der Waals surface area contributed by atoms with Crippen LogP contribution in [0.2, 0.25) is 0 Å². The highest BCUT2D eigenvalue weighted by Crippen LogP contribution is 2.38. The molecule has 146 valence electrons. The lowest BCUT2D eigenvalue weighted by Gasteiger charge is -2.32. The summed E-state index contributed by atoms with van der Waals surface area (Å²) in [5, 5.41) is 12.0. The number of H-pyrrole nitrogens is 1. The second-order valence-electron chi connectivity index (χ2n) is 6.72. The summed E-state index contributed by atoms with van der Waals surface area (Å²) in [6, 6.07) is 10.5. The van der Waals surface area contributed by atoms with Crippen molar-refractivity contribution in [3.8, 4) is 5.75 Å². The summed E-state index contributed by atoms with van der Waals surface area (Å²) in [5.41, 5.74) is 2.59. The van der Waals surface area contributed by atoms with E-state index < -0.39 is 21.0 Å². The van der Waals surface area contributed by atoms with E-state index in [2.05, 4.69) is 4.98 Å². The fourth-order valence-electron chi connectivity index (χ4n) is 3.78. The normalized spacial score (nSPS) is 17.4. The molecular formula is C19H19N3O5S. The molecule has 0 spiro atoms. The number of hydrogen-bond acceptors (Lipinski definition) is 5. The van der Waals surface area contributed by atoms with Gasteiger partial charge in [0.15, 0.2) is 0 Å². The second-order valence-corrected chi connectivity index (χ2v) is 8.62. The molecule has 1 aliphatic heterocycles. The van der Waals surface area contributed by atoms with Crippen molar-refractivity contribution in [1.29, 1.82) is 0 Å². The highest BCUT2D eigenvalue weighted by Gasteiger charge is 2.36. The molecule has 2 heterocycles. The van der Waals surface area contributed by atoms with Crippen molar-refractivity contribution >= 4 is 26.6 Å². The molecule has 0 radical (unpaired) electrons. The first-order chi connectivity index (χ1) is 13.3. The van der Waals surface area contributed by atoms with Crippen molar-refractivity contribution in [3.05, 3.63) is 63.8 Å². The Hall–Kier alpha value is -2.91. The third-order valence-corrected chi connectivity index (χ3v) is 7.18. The summed E-state index contributed by atoms with van der Waals surface area (Å²) >= 11 is 0. The van der Waals surface area contributed by atoms with Crippen molar-refractivity contribution in [2.45, 2.75) is 24.3 Å². The molecule has 0 fully saturated rings. The highest BCUT2D eigenvalue weighted by atomic mass is 32.2. The average molecular weight is 401 g/mol. The van der Waals surface area contributed by atoms with Gasteiger partial charge in [-0.05, 0) is 43.2 Å². The van der Waals surface area contributed by atoms with Gasteiger partial charge in [-0.1, -0.05) is 6.07 Å². The van der Waals surface area contributed by atoms with Gasteiger partial charge in [-0.2, -0.15) is 4.31 Å². The van der Waals surface area contributed by atoms with Crippen LogP contribution in [0.25, 0.3) is 10.9 Å². The summed E-state index contributed by atoms with van der Waals surface area (Å²) in [5.74, 6) is 0.744. The fourth-order valence-corrected chi connectivity index (χ4v) is 5.43. The molecule has 9 heteroatoms. The van der Waals surface area contributed by atoms with E-state index in [4.69, 9.17) is 4.74 Å². The van der Waals surface area contributed by atoms with Crippen molar-refractivity contribution in [2.75, 3.05) is 13.7 Å². The van der Waals surface area contributed by atoms with Crippen LogP contribution in [0.5, 0.6) is 5.75 Å². The number of nitro benzene ring substituents is 1. The average Bonchev–Trinajstić information content (AvgIpc) is 3.07. The number of nitrogens with zero attached hydrogens (tertiary/aromatic N) is 2. The predicted molar refractivity (Wildman–Crippen MR) is 104 cm³/mol. The summed E-state index contributed by atoms with van der Waals surface area (Å²) in [6.07, 6.45) is 0.543. The predicted octanol–water partition coefficient (Wildman–Crippen LogP) is 3.39. The Kier molecular flexibility index (Phi) is 4.35. The molecule has 3 aromatic rings. The third kappa shape index (κ3) is 2.83. The van der Waals surface area contributed by atoms with Gasteiger partial charge in [0.05, 0.1) is 23.0 Å². The monoisotopic (exact) mass is 401 g/mol. The number of ether oxygens (including phenoxy) is 1. The van der Waals surface area contributed by atoms with Crippen LogP contribution in [0.1, 0.15) is 24.2 Å². The minimum Gasteiger partial charge on any atom is -0.497 e. The number of rotatable bonds is 4. The van der Waals surface area contributed by atoms with Gasteiger partial charge in [-0.3, -0.25) is 10.1 Å². The van der Waals surface area contributed by atoms with Crippen LogP contribution in [0, 0.1) is 10.1 Å². The molecular weight excluding hydrogens is 382 g/mol. The zero-order valence-electron chi connectivity index (χ0n) is 15.4. The Morgan fingerprint density at radius 2 is 2.04 bits per heavy atom. The fraction of sp³-hybridized carbons (Fsp3) is 0.263. The molecule has 0 saturated heterocycles. The number of hydrogen-bond donors (Lipinski definition) is 1. The Balaban J connectivity index is 1.76. The number of benzene rings is 2. The first kappa shape index (κ1) is 18.5. The lowest BCUT2D eigenvalue weighted by atomic mass is 10.0. The summed E-state index contributed by atoms with van der Waals surface area (Å²) in [7, 11) is -2.27. The zero-order chi connectivity index (χ0) is 20.1. The van der Waals surface area contributed by atoms with Crippen molar-refractivity contribution in [2.24, 2.45) is 0 Å². The van der Waals surface area contributed by atoms with Crippen LogP contribution in [-0.4, -0.2) is 36.3 Å². The number of fused-ring (bicyclic) bond motifs is 3. The van der Waals surface area contributed by atoms with Gasteiger partial charge < -0.3 is 9.72 Å². The number of non-ortho nitro benzene ring substituents is 1. The topological polar surface area (TPSA) is 106 Å². The Morgan fingerprint density at radius 1 is 1.25 bits per heavy atom. The molecule has 1 aliphatic rings. The van der Waals surface area contributed by atoms with Gasteiger partial charge in [-0.25, -0.2) is 8.42 Å². The van der Waals surface area contributed by atoms with Crippen LogP contribution in [0.3, 0.4) is 0 Å². The number of nitrogens with one attached hydrogen (secondary N) is 1. The van der Waals surface area contributed by atoms with Gasteiger partial charge >= 0.3 is 0 Å². The van der Waals surface area contributed by atoms with Crippen LogP contribution in [-0.2, 0) is 16.4 Å². The molecule has 1 atom stereocenters. The van der Waals surface area contributed by atoms with Gasteiger partial charge in [0.1, 0.15) is 5.75 Å². The first-order valence-corrected chi connectivity index (χ1v) is 10.2. The zero-order valence-corrected chi connectivity index (χ0v) is 16.2. The van der Waals surface area contributed by atoms with E-state index >= 15 is 0 Å². The number of sulfonamides is 1. The number of methoxy groups -OCH3 is 1. The molecule has 2 aromatic carbocycles. The molecule has 4 rings (SSSR count). The Morgan fingerprint density at radius 3 is 2.75 bits per heavy atom. The Labute approximate surface area is 161 Å². The van der Waals surface area contributed by atoms with E-state index in [9.17, 15) is 18.5 Å². The molecule has 8 nitrogen and oxygen atoms in total. The van der Waals surface area contributed by atoms with E-state index in [1.165, 1.54) is 22.5 Å². The first-order valence-electron chi connectivity index (χ1n) is 8.77. The summed E-state index contributed by atoms with van der Waals surface area (Å²) < 4.78 is 33.0. The maximum atomic E-state index is 13.2. The quantitative estimate of drug-likeness (QED) is 0.533. The van der Waals surface area contributed by atoms with Gasteiger partial charge in [0, 0.05) is 35.3 Å². The molecule has 1 N–H and O–H groups in total. The van der Waals surface area contributed by atoms with Crippen molar-refractivity contribution < 1.29 is 18.1 Å². The molecule has 28 heavy (non-hydrogen) atoms. The van der Waals surface area contributed by atoms with Crippen LogP contribution < -0.4 is 4.74 Å². The van der Waals surface area contributed by atoms with Crippen molar-refractivity contribution in [1.82, 2.24) is 9.29 Å². The third-order valence-electron chi connectivity index (χ3n) is 5.21. The standard InChI is InChI=1S/C19H19N3O5S/c1-12-19-16(17-11-14(27-2)6-7-18(17)20-19)8-9-21(12)28(25,26)15-5-3-4-13(10-15)22(23)24/h3-7,10-12,20H,8-9H2,1-2H3/t12-/m1/s1. The largest absolute Gasteiger partial charge is 0.497 e. The smallest absolute Gasteiger partial charge is 0.270 e. The van der Waals surface area contributed by atoms with Crippen LogP contribution >= 0.6 is 0 Å². The molecule has 0 amide bonds.